The van der Waals surface area contributed by atoms with Crippen molar-refractivity contribution in [2.24, 2.45) is 0 Å². The number of carbonyl (C=O) groups is 4. The Hall–Kier alpha value is -3.06. The van der Waals surface area contributed by atoms with E-state index < -0.39 is 0 Å². The minimum Gasteiger partial charge on any atom is -0.314 e. The van der Waals surface area contributed by atoms with Crippen LogP contribution in [0.15, 0.2) is 44.6 Å². The molecule has 0 amide bonds. The molecule has 0 unspecified atom stereocenters. The first-order chi connectivity index (χ1) is 17.2. The van der Waals surface area contributed by atoms with Gasteiger partial charge in [-0.3, -0.25) is 19.2 Å². The van der Waals surface area contributed by atoms with Gasteiger partial charge in [0.15, 0.2) is 0 Å². The number of pyridine rings is 2. The van der Waals surface area contributed by atoms with Crippen LogP contribution >= 0.6 is 31.9 Å². The Morgan fingerprint density at radius 1 is 0.639 bits per heavy atom. The van der Waals surface area contributed by atoms with Gasteiger partial charge in [0.1, 0.15) is 22.8 Å². The van der Waals surface area contributed by atoms with E-state index in [-0.39, 0.29) is 66.0 Å². The molecule has 2 aliphatic carbocycles. The van der Waals surface area contributed by atoms with Crippen LogP contribution in [0.4, 0.5) is 0 Å². The molecular formula is C24H20Br2N6O4. The van der Waals surface area contributed by atoms with E-state index >= 15 is 0 Å². The highest BCUT2D eigenvalue weighted by atomic mass is 79.9. The fourth-order valence-electron chi connectivity index (χ4n) is 4.18. The summed E-state index contributed by atoms with van der Waals surface area (Å²) in [6.45, 7) is 5.42. The number of piperazine rings is 1. The van der Waals surface area contributed by atoms with Gasteiger partial charge in [-0.15, -0.1) is 0 Å². The van der Waals surface area contributed by atoms with Crippen LogP contribution in [0.3, 0.4) is 0 Å². The number of aromatic nitrogens is 2. The fraction of sp³-hybridized carbons (Fsp3) is 0.250. The van der Waals surface area contributed by atoms with Gasteiger partial charge in [-0.25, -0.2) is 20.0 Å². The number of rotatable bonds is 4. The Labute approximate surface area is 223 Å². The molecule has 0 bridgehead atoms. The molecule has 2 aromatic rings. The summed E-state index contributed by atoms with van der Waals surface area (Å²) in [4.78, 5) is 60.0. The zero-order valence-corrected chi connectivity index (χ0v) is 22.5. The van der Waals surface area contributed by atoms with Crippen molar-refractivity contribution in [3.8, 4) is 0 Å². The first kappa shape index (κ1) is 24.6. The lowest BCUT2D eigenvalue weighted by Crippen LogP contribution is -2.56. The monoisotopic (exact) mass is 614 g/mol. The van der Waals surface area contributed by atoms with E-state index in [1.807, 2.05) is 10.0 Å². The van der Waals surface area contributed by atoms with E-state index in [0.29, 0.717) is 37.6 Å². The van der Waals surface area contributed by atoms with Gasteiger partial charge in [-0.05, 0) is 70.0 Å². The Kier molecular flexibility index (Phi) is 6.45. The molecule has 0 saturated carbocycles. The third-order valence-electron chi connectivity index (χ3n) is 6.10. The number of nitrogens with one attached hydrogen (secondary N) is 2. The van der Waals surface area contributed by atoms with Crippen molar-refractivity contribution in [3.63, 3.8) is 0 Å². The molecule has 184 valence electrons. The van der Waals surface area contributed by atoms with Crippen LogP contribution in [0.5, 0.6) is 0 Å². The highest BCUT2D eigenvalue weighted by molar-refractivity contribution is 9.12. The molecular weight excluding hydrogens is 596 g/mol. The molecule has 0 aromatic carbocycles. The van der Waals surface area contributed by atoms with Crippen molar-refractivity contribution in [2.45, 2.75) is 13.8 Å². The zero-order valence-electron chi connectivity index (χ0n) is 19.3. The van der Waals surface area contributed by atoms with Crippen molar-refractivity contribution in [1.82, 2.24) is 30.8 Å². The molecule has 3 aliphatic rings. The summed E-state index contributed by atoms with van der Waals surface area (Å²) in [7, 11) is 0. The van der Waals surface area contributed by atoms with Gasteiger partial charge >= 0.3 is 0 Å². The summed E-state index contributed by atoms with van der Waals surface area (Å²) in [5.41, 5.74) is 8.60. The van der Waals surface area contributed by atoms with Crippen LogP contribution in [0.2, 0.25) is 0 Å². The second-order valence-electron chi connectivity index (χ2n) is 8.59. The molecule has 12 heteroatoms. The number of allylic oxidation sites excluding steroid dienone is 4. The normalized spacial score (nSPS) is 19.0. The van der Waals surface area contributed by atoms with Crippen LogP contribution < -0.4 is 10.9 Å². The molecule has 3 heterocycles. The minimum absolute atomic E-state index is 0.140. The van der Waals surface area contributed by atoms with E-state index in [9.17, 15) is 19.2 Å². The lowest BCUT2D eigenvalue weighted by atomic mass is 9.97. The maximum absolute atomic E-state index is 13.0. The highest BCUT2D eigenvalue weighted by Crippen LogP contribution is 2.29. The molecule has 1 fully saturated rings. The van der Waals surface area contributed by atoms with Crippen LogP contribution in [0.25, 0.3) is 0 Å². The SMILES string of the molecule is Cc1ccc2c(n1)C(=O)C(Br)=C(NN1CCN(NC3=C(Br)C(=O)c4nc(C)ccc4C3=O)CC1)C2=O. The van der Waals surface area contributed by atoms with Crippen molar-refractivity contribution in [1.29, 1.82) is 0 Å². The van der Waals surface area contributed by atoms with E-state index in [2.05, 4.69) is 52.7 Å². The van der Waals surface area contributed by atoms with Crippen molar-refractivity contribution >= 4 is 55.0 Å². The standard InChI is InChI=1S/C24H20Br2N6O4/c1-11-3-5-13-17(27-11)23(35)15(25)19(21(13)33)29-31-7-9-32(10-8-31)30-20-16(26)24(36)18-14(22(20)34)6-4-12(2)28-18/h3-6,29-30H,7-10H2,1-2H3. The molecule has 2 aromatic heterocycles. The molecule has 1 aliphatic heterocycles. The topological polar surface area (TPSA) is 125 Å². The number of aryl methyl sites for hydroxylation is 2. The van der Waals surface area contributed by atoms with E-state index in [4.69, 9.17) is 0 Å². The maximum atomic E-state index is 13.0. The second-order valence-corrected chi connectivity index (χ2v) is 10.2. The molecule has 0 radical (unpaired) electrons. The number of ketones is 4. The van der Waals surface area contributed by atoms with Gasteiger partial charge in [0, 0.05) is 37.6 Å². The highest BCUT2D eigenvalue weighted by Gasteiger charge is 2.36. The predicted molar refractivity (Wildman–Crippen MR) is 137 cm³/mol. The van der Waals surface area contributed by atoms with Crippen molar-refractivity contribution < 1.29 is 19.2 Å². The number of nitrogens with zero attached hydrogens (tertiary/aromatic N) is 4. The van der Waals surface area contributed by atoms with Gasteiger partial charge in [0.2, 0.25) is 23.1 Å². The average molecular weight is 616 g/mol. The number of Topliss-reactive ketones (excluding diaryl/α,β-unsaturated/α-hetero) is 4. The quantitative estimate of drug-likeness (QED) is 0.530. The number of hydrogen-bond acceptors (Lipinski definition) is 10. The van der Waals surface area contributed by atoms with Crippen LogP contribution in [-0.2, 0) is 0 Å². The smallest absolute Gasteiger partial charge is 0.221 e. The number of hydrazine groups is 2. The molecule has 2 N–H and O–H groups in total. The van der Waals surface area contributed by atoms with Gasteiger partial charge in [0.05, 0.1) is 20.1 Å². The van der Waals surface area contributed by atoms with Crippen molar-refractivity contribution in [2.75, 3.05) is 26.2 Å². The van der Waals surface area contributed by atoms with Crippen LogP contribution in [-0.4, -0.2) is 69.3 Å². The second kappa shape index (κ2) is 9.43. The van der Waals surface area contributed by atoms with E-state index in [1.54, 1.807) is 38.1 Å². The number of fused-ring (bicyclic) bond motifs is 2. The Bertz CT molecular complexity index is 1320. The van der Waals surface area contributed by atoms with Crippen LogP contribution in [0, 0.1) is 13.8 Å². The number of hydrogen-bond donors (Lipinski definition) is 2. The van der Waals surface area contributed by atoms with Gasteiger partial charge in [-0.2, -0.15) is 0 Å². The first-order valence-corrected chi connectivity index (χ1v) is 12.7. The Morgan fingerprint density at radius 3 is 1.36 bits per heavy atom. The lowest BCUT2D eigenvalue weighted by Gasteiger charge is -2.37. The molecule has 36 heavy (non-hydrogen) atoms. The summed E-state index contributed by atoms with van der Waals surface area (Å²) < 4.78 is 0.281. The molecule has 1 saturated heterocycles. The summed E-state index contributed by atoms with van der Waals surface area (Å²) in [5.74, 6) is -1.32. The molecule has 10 nitrogen and oxygen atoms in total. The maximum Gasteiger partial charge on any atom is 0.221 e. The third kappa shape index (κ3) is 4.23. The predicted octanol–water partition coefficient (Wildman–Crippen LogP) is 2.39. The van der Waals surface area contributed by atoms with E-state index in [1.165, 1.54) is 0 Å². The zero-order chi connectivity index (χ0) is 25.7. The largest absolute Gasteiger partial charge is 0.314 e. The fourth-order valence-corrected chi connectivity index (χ4v) is 5.09. The number of carbonyl (C=O) groups excluding carboxylic acids is 4. The van der Waals surface area contributed by atoms with Gasteiger partial charge < -0.3 is 10.9 Å². The van der Waals surface area contributed by atoms with Gasteiger partial charge in [0.25, 0.3) is 0 Å². The molecule has 0 atom stereocenters. The Morgan fingerprint density at radius 2 is 1.00 bits per heavy atom. The molecule has 0 spiro atoms. The van der Waals surface area contributed by atoms with Crippen LogP contribution in [0.1, 0.15) is 53.1 Å². The van der Waals surface area contributed by atoms with Crippen molar-refractivity contribution in [3.05, 3.63) is 78.5 Å². The summed E-state index contributed by atoms with van der Waals surface area (Å²) in [5, 5.41) is 3.65. The summed E-state index contributed by atoms with van der Waals surface area (Å²) in [6.07, 6.45) is 0. The summed E-state index contributed by atoms with van der Waals surface area (Å²) >= 11 is 6.53. The van der Waals surface area contributed by atoms with E-state index in [0.717, 1.165) is 0 Å². The Balaban J connectivity index is 1.26. The molecule has 5 rings (SSSR count). The first-order valence-electron chi connectivity index (χ1n) is 11.1. The van der Waals surface area contributed by atoms with Gasteiger partial charge in [-0.1, -0.05) is 0 Å². The average Bonchev–Trinajstić information content (AvgIpc) is 2.87. The lowest BCUT2D eigenvalue weighted by molar-refractivity contribution is 0.0675. The minimum atomic E-state index is -0.349. The number of halogens is 2. The summed E-state index contributed by atoms with van der Waals surface area (Å²) in [6, 6.07) is 6.63. The third-order valence-corrected chi connectivity index (χ3v) is 7.61.